The second-order valence-electron chi connectivity index (χ2n) is 14.0. The molecule has 0 saturated heterocycles. The number of benzene rings is 6. The molecule has 16 heteroatoms. The van der Waals surface area contributed by atoms with Crippen LogP contribution in [0.25, 0.3) is 66.1 Å². The Labute approximate surface area is 381 Å². The van der Waals surface area contributed by atoms with E-state index in [1.807, 2.05) is 72.8 Å². The second kappa shape index (κ2) is 21.1. The normalized spacial score (nSPS) is 11.8. The number of hydrogen-bond acceptors (Lipinski definition) is 0. The van der Waals surface area contributed by atoms with Crippen molar-refractivity contribution >= 4 is 48.1 Å². The Kier molecular flexibility index (Phi) is 16.6. The van der Waals surface area contributed by atoms with E-state index in [4.69, 9.17) is 17.0 Å². The average Bonchev–Trinajstić information content (AvgIpc) is 3.89. The van der Waals surface area contributed by atoms with E-state index in [-0.39, 0.29) is 23.3 Å². The minimum absolute atomic E-state index is 0.122. The molecule has 8 aromatic carbocycles. The molecule has 0 unspecified atom stereocenters. The molecule has 0 N–H and O–H groups in total. The molecule has 0 aromatic heterocycles. The van der Waals surface area contributed by atoms with Gasteiger partial charge in [-0.05, 0) is 47.5 Å². The van der Waals surface area contributed by atoms with Gasteiger partial charge in [0.1, 0.15) is 0 Å². The molecule has 0 saturated carbocycles. The molecule has 0 spiro atoms. The van der Waals surface area contributed by atoms with Gasteiger partial charge < -0.3 is 0 Å². The summed E-state index contributed by atoms with van der Waals surface area (Å²) in [5.74, 6) is 0. The molecule has 0 aliphatic heterocycles. The van der Waals surface area contributed by atoms with E-state index in [1.54, 1.807) is 36.4 Å². The predicted molar refractivity (Wildman–Crippen MR) is 230 cm³/mol. The summed E-state index contributed by atoms with van der Waals surface area (Å²) < 4.78 is 159. The Balaban J connectivity index is 0.000000215. The first-order chi connectivity index (χ1) is 30.1. The fourth-order valence-electron chi connectivity index (χ4n) is 6.79. The van der Waals surface area contributed by atoms with E-state index in [9.17, 15) is 52.7 Å². The summed E-state index contributed by atoms with van der Waals surface area (Å²) in [6, 6.07) is 39.2. The standard InChI is InChI=1S/2C23H13F6.C2H6Si.2ClH.Zr/c2*24-22(25,26)18-10-17(11-19(13-18)23(27,28)29)20-8-4-7-15-9-16(12-21(15)20)14-5-2-1-3-6-14;1-3-2;;;/h2*1-13H;1-2H3;2*1H;/q2*-1;;;;+4/p-2. The van der Waals surface area contributed by atoms with Gasteiger partial charge in [0.15, 0.2) is 0 Å². The van der Waals surface area contributed by atoms with Gasteiger partial charge in [-0.1, -0.05) is 120 Å². The van der Waals surface area contributed by atoms with Gasteiger partial charge >= 0.3 is 62.6 Å². The molecule has 330 valence electrons. The van der Waals surface area contributed by atoms with E-state index in [1.165, 1.54) is 12.1 Å². The minimum atomic E-state index is -4.88. The summed E-state index contributed by atoms with van der Waals surface area (Å²) in [5, 5.41) is 2.68. The van der Waals surface area contributed by atoms with Crippen LogP contribution in [-0.4, -0.2) is 9.52 Å². The number of rotatable bonds is 4. The Morgan fingerprint density at radius 3 is 0.938 bits per heavy atom. The quantitative estimate of drug-likeness (QED) is 0.0936. The number of fused-ring (bicyclic) bond motifs is 2. The van der Waals surface area contributed by atoms with Crippen molar-refractivity contribution in [1.82, 2.24) is 0 Å². The molecule has 0 heterocycles. The van der Waals surface area contributed by atoms with Crippen LogP contribution in [0.4, 0.5) is 52.7 Å². The summed E-state index contributed by atoms with van der Waals surface area (Å²) in [5.41, 5.74) is -1.39. The van der Waals surface area contributed by atoms with Gasteiger partial charge in [0.25, 0.3) is 0 Å². The van der Waals surface area contributed by atoms with Gasteiger partial charge in [0.05, 0.1) is 22.3 Å². The van der Waals surface area contributed by atoms with Crippen molar-refractivity contribution in [2.45, 2.75) is 37.8 Å². The third-order valence-electron chi connectivity index (χ3n) is 9.51. The van der Waals surface area contributed by atoms with E-state index in [0.717, 1.165) is 66.8 Å². The van der Waals surface area contributed by atoms with Gasteiger partial charge in [-0.15, -0.1) is 69.1 Å². The SMILES string of the molecule is C[Si]C.FC(F)(F)c1cc(-c2cccc3[cH-]c(-c4ccccc4)cc23)cc(C(F)(F)F)c1.FC(F)(F)c1cc(-c2cccc3[cH-]c(-c4ccccc4)cc23)cc(C(F)(F)F)c1.[Cl][Zr+2][Cl]. The first kappa shape index (κ1) is 50.4. The van der Waals surface area contributed by atoms with Crippen molar-refractivity contribution in [3.63, 3.8) is 0 Å². The Bertz CT molecular complexity index is 2510. The van der Waals surface area contributed by atoms with E-state index in [0.29, 0.717) is 21.9 Å². The maximum absolute atomic E-state index is 13.2. The van der Waals surface area contributed by atoms with Crippen molar-refractivity contribution in [3.05, 3.63) is 180 Å². The molecule has 0 amide bonds. The number of halogens is 14. The van der Waals surface area contributed by atoms with Crippen LogP contribution in [0.5, 0.6) is 0 Å². The van der Waals surface area contributed by atoms with Crippen LogP contribution in [-0.2, 0) is 45.6 Å². The van der Waals surface area contributed by atoms with Crippen LogP contribution in [0.3, 0.4) is 0 Å². The third kappa shape index (κ3) is 12.8. The van der Waals surface area contributed by atoms with Gasteiger partial charge in [-0.2, -0.15) is 52.7 Å². The maximum atomic E-state index is 13.2. The molecule has 8 aromatic rings. The molecule has 0 nitrogen and oxygen atoms in total. The second-order valence-corrected chi connectivity index (χ2v) is 18.7. The third-order valence-corrected chi connectivity index (χ3v) is 9.51. The number of alkyl halides is 12. The van der Waals surface area contributed by atoms with Crippen LogP contribution in [0.15, 0.2) is 158 Å². The van der Waals surface area contributed by atoms with E-state index in [2.05, 4.69) is 13.1 Å². The molecule has 0 aliphatic carbocycles. The van der Waals surface area contributed by atoms with Gasteiger partial charge in [0.2, 0.25) is 0 Å². The molecule has 0 atom stereocenters. The first-order valence-electron chi connectivity index (χ1n) is 18.7. The molecule has 8 rings (SSSR count). The van der Waals surface area contributed by atoms with Crippen molar-refractivity contribution < 1.29 is 73.5 Å². The average molecular weight is 1030 g/mol. The van der Waals surface area contributed by atoms with E-state index < -0.39 is 67.8 Å². The van der Waals surface area contributed by atoms with Gasteiger partial charge in [-0.25, -0.2) is 0 Å². The Morgan fingerprint density at radius 1 is 0.391 bits per heavy atom. The van der Waals surface area contributed by atoms with Crippen molar-refractivity contribution in [2.24, 2.45) is 0 Å². The van der Waals surface area contributed by atoms with Crippen LogP contribution in [0.1, 0.15) is 22.3 Å². The van der Waals surface area contributed by atoms with Crippen molar-refractivity contribution in [1.29, 1.82) is 0 Å². The molecule has 0 fully saturated rings. The zero-order valence-electron chi connectivity index (χ0n) is 33.3. The zero-order chi connectivity index (χ0) is 47.0. The van der Waals surface area contributed by atoms with Gasteiger partial charge in [-0.3, -0.25) is 0 Å². The Hall–Kier alpha value is -4.62. The van der Waals surface area contributed by atoms with E-state index >= 15 is 0 Å². The first-order valence-corrected chi connectivity index (χ1v) is 27.1. The van der Waals surface area contributed by atoms with Crippen LogP contribution in [0, 0.1) is 0 Å². The molecule has 2 radical (unpaired) electrons. The molecular formula is C48H32Cl2F12SiZr. The monoisotopic (exact) mass is 1020 g/mol. The summed E-state index contributed by atoms with van der Waals surface area (Å²) in [6.07, 6.45) is -19.5. The summed E-state index contributed by atoms with van der Waals surface area (Å²) >= 11 is -0.826. The van der Waals surface area contributed by atoms with Crippen molar-refractivity contribution in [3.8, 4) is 44.5 Å². The zero-order valence-corrected chi connectivity index (χ0v) is 38.3. The van der Waals surface area contributed by atoms with Crippen LogP contribution < -0.4 is 0 Å². The van der Waals surface area contributed by atoms with Gasteiger partial charge in [0, 0.05) is 9.52 Å². The van der Waals surface area contributed by atoms with Crippen LogP contribution >= 0.6 is 17.0 Å². The topological polar surface area (TPSA) is 0 Å². The fraction of sp³-hybridized carbons (Fsp3) is 0.125. The number of hydrogen-bond donors (Lipinski definition) is 0. The molecule has 64 heavy (non-hydrogen) atoms. The fourth-order valence-corrected chi connectivity index (χ4v) is 6.79. The molecule has 0 bridgehead atoms. The van der Waals surface area contributed by atoms with Crippen LogP contribution in [0.2, 0.25) is 13.1 Å². The van der Waals surface area contributed by atoms with Crippen molar-refractivity contribution in [2.75, 3.05) is 0 Å². The summed E-state index contributed by atoms with van der Waals surface area (Å²) in [6.45, 7) is 4.31. The molecule has 0 aliphatic rings. The summed E-state index contributed by atoms with van der Waals surface area (Å²) in [4.78, 5) is 0. The predicted octanol–water partition coefficient (Wildman–Crippen LogP) is 18.0. The Morgan fingerprint density at radius 2 is 0.672 bits per heavy atom. The summed E-state index contributed by atoms with van der Waals surface area (Å²) in [7, 11) is 11.0. The molecular weight excluding hydrogens is 995 g/mol.